The van der Waals surface area contributed by atoms with E-state index < -0.39 is 0 Å². The highest BCUT2D eigenvalue weighted by Gasteiger charge is 2.21. The number of nitrogens with zero attached hydrogens (tertiary/aromatic N) is 1. The summed E-state index contributed by atoms with van der Waals surface area (Å²) in [6.07, 6.45) is 6.63. The molecule has 1 unspecified atom stereocenters. The average molecular weight is 340 g/mol. The number of likely N-dealkylation sites (tertiary alicyclic amines) is 1. The minimum absolute atomic E-state index is 0.0340. The Bertz CT molecular complexity index is 779. The first-order valence-corrected chi connectivity index (χ1v) is 8.61. The van der Waals surface area contributed by atoms with Gasteiger partial charge >= 0.3 is 0 Å². The number of carbonyl (C=O) groups is 1. The molecule has 1 aliphatic rings. The zero-order chi connectivity index (χ0) is 17.8. The fourth-order valence-electron chi connectivity index (χ4n) is 3.18. The molecule has 3 rings (SSSR count). The lowest BCUT2D eigenvalue weighted by atomic mass is 10.0. The van der Waals surface area contributed by atoms with E-state index in [1.165, 1.54) is 6.42 Å². The van der Waals surface area contributed by atoms with Crippen LogP contribution in [0.5, 0.6) is 5.75 Å². The van der Waals surface area contributed by atoms with Crippen molar-refractivity contribution in [2.24, 2.45) is 0 Å². The molecule has 1 amide bonds. The molecule has 1 fully saturated rings. The molecule has 132 valence electrons. The van der Waals surface area contributed by atoms with Gasteiger partial charge in [-0.3, -0.25) is 4.79 Å². The van der Waals surface area contributed by atoms with Gasteiger partial charge in [0.15, 0.2) is 0 Å². The lowest BCUT2D eigenvalue weighted by Gasteiger charge is -2.32. The summed E-state index contributed by atoms with van der Waals surface area (Å²) in [5.41, 5.74) is 7.29. The molecule has 1 aromatic heterocycles. The largest absolute Gasteiger partial charge is 0.496 e. The molecule has 0 aliphatic carbocycles. The zero-order valence-electron chi connectivity index (χ0n) is 14.7. The normalized spacial score (nSPS) is 17.8. The molecule has 2 heterocycles. The smallest absolute Gasteiger partial charge is 0.246 e. The highest BCUT2D eigenvalue weighted by molar-refractivity contribution is 5.91. The Morgan fingerprint density at radius 2 is 2.16 bits per heavy atom. The van der Waals surface area contributed by atoms with E-state index in [-0.39, 0.29) is 5.91 Å². The first-order chi connectivity index (χ1) is 12.1. The van der Waals surface area contributed by atoms with Crippen LogP contribution >= 0.6 is 0 Å². The predicted octanol–water partition coefficient (Wildman–Crippen LogP) is 3.95. The lowest BCUT2D eigenvalue weighted by Crippen LogP contribution is -2.41. The Labute approximate surface area is 148 Å². The highest BCUT2D eigenvalue weighted by atomic mass is 16.5. The van der Waals surface area contributed by atoms with Crippen molar-refractivity contribution >= 4 is 17.7 Å². The summed E-state index contributed by atoms with van der Waals surface area (Å²) in [4.78, 5) is 14.3. The summed E-state index contributed by atoms with van der Waals surface area (Å²) >= 11 is 0. The van der Waals surface area contributed by atoms with Crippen molar-refractivity contribution in [2.75, 3.05) is 19.4 Å². The van der Waals surface area contributed by atoms with Gasteiger partial charge in [-0.2, -0.15) is 0 Å². The summed E-state index contributed by atoms with van der Waals surface area (Å²) in [5.74, 6) is 2.00. The number of furan rings is 1. The second-order valence-corrected chi connectivity index (χ2v) is 6.37. The average Bonchev–Trinajstić information content (AvgIpc) is 3.09. The number of piperidine rings is 1. The number of carbonyl (C=O) groups excluding carboxylic acids is 1. The molecule has 1 atom stereocenters. The van der Waals surface area contributed by atoms with E-state index in [0.29, 0.717) is 29.0 Å². The van der Waals surface area contributed by atoms with E-state index in [2.05, 4.69) is 6.92 Å². The number of benzene rings is 1. The van der Waals surface area contributed by atoms with E-state index in [4.69, 9.17) is 14.9 Å². The molecular formula is C20H24N2O3. The van der Waals surface area contributed by atoms with Gasteiger partial charge in [0.25, 0.3) is 0 Å². The summed E-state index contributed by atoms with van der Waals surface area (Å²) < 4.78 is 11.2. The second kappa shape index (κ2) is 7.47. The summed E-state index contributed by atoms with van der Waals surface area (Å²) in [5, 5.41) is 0. The predicted molar refractivity (Wildman–Crippen MR) is 99.2 cm³/mol. The number of anilines is 1. The van der Waals surface area contributed by atoms with Gasteiger partial charge in [0.05, 0.1) is 12.7 Å². The highest BCUT2D eigenvalue weighted by Crippen LogP contribution is 2.33. The van der Waals surface area contributed by atoms with Crippen molar-refractivity contribution in [1.29, 1.82) is 0 Å². The molecule has 0 radical (unpaired) electrons. The van der Waals surface area contributed by atoms with Gasteiger partial charge < -0.3 is 19.8 Å². The molecule has 5 nitrogen and oxygen atoms in total. The molecule has 1 aromatic carbocycles. The van der Waals surface area contributed by atoms with Crippen LogP contribution in [0.2, 0.25) is 0 Å². The second-order valence-electron chi connectivity index (χ2n) is 6.37. The van der Waals surface area contributed by atoms with Crippen LogP contribution < -0.4 is 10.5 Å². The molecule has 25 heavy (non-hydrogen) atoms. The monoisotopic (exact) mass is 340 g/mol. The van der Waals surface area contributed by atoms with E-state index >= 15 is 0 Å². The number of nitrogens with two attached hydrogens (primary N) is 1. The molecule has 2 aromatic rings. The number of hydrogen-bond donors (Lipinski definition) is 1. The zero-order valence-corrected chi connectivity index (χ0v) is 14.7. The van der Waals surface area contributed by atoms with E-state index in [1.807, 2.05) is 29.2 Å². The number of amides is 1. The summed E-state index contributed by atoms with van der Waals surface area (Å²) in [6.45, 7) is 2.93. The van der Waals surface area contributed by atoms with Gasteiger partial charge in [0.1, 0.15) is 17.3 Å². The van der Waals surface area contributed by atoms with Gasteiger partial charge in [0, 0.05) is 24.4 Å². The van der Waals surface area contributed by atoms with Crippen LogP contribution in [0, 0.1) is 0 Å². The van der Waals surface area contributed by atoms with Crippen molar-refractivity contribution in [3.63, 3.8) is 0 Å². The molecule has 0 saturated carbocycles. The van der Waals surface area contributed by atoms with Gasteiger partial charge in [-0.15, -0.1) is 0 Å². The van der Waals surface area contributed by atoms with Gasteiger partial charge in [0.2, 0.25) is 5.91 Å². The maximum atomic E-state index is 12.4. The third-order valence-electron chi connectivity index (χ3n) is 4.59. The fourth-order valence-corrected chi connectivity index (χ4v) is 3.18. The number of hydrogen-bond acceptors (Lipinski definition) is 4. The molecule has 1 saturated heterocycles. The Balaban J connectivity index is 1.76. The minimum Gasteiger partial charge on any atom is -0.496 e. The van der Waals surface area contributed by atoms with Crippen molar-refractivity contribution in [1.82, 2.24) is 4.90 Å². The van der Waals surface area contributed by atoms with Gasteiger partial charge in [-0.1, -0.05) is 0 Å². The van der Waals surface area contributed by atoms with Gasteiger partial charge in [-0.25, -0.2) is 0 Å². The van der Waals surface area contributed by atoms with Crippen LogP contribution in [0.1, 0.15) is 31.9 Å². The van der Waals surface area contributed by atoms with E-state index in [0.717, 1.165) is 24.9 Å². The van der Waals surface area contributed by atoms with E-state index in [1.54, 1.807) is 25.3 Å². The lowest BCUT2D eigenvalue weighted by molar-refractivity contribution is -0.129. The molecular weight excluding hydrogens is 316 g/mol. The third-order valence-corrected chi connectivity index (χ3v) is 4.59. The topological polar surface area (TPSA) is 68.7 Å². The van der Waals surface area contributed by atoms with Crippen molar-refractivity contribution in [3.8, 4) is 17.1 Å². The molecule has 0 bridgehead atoms. The minimum atomic E-state index is 0.0340. The maximum absolute atomic E-state index is 12.4. The van der Waals surface area contributed by atoms with Crippen LogP contribution in [0.25, 0.3) is 17.4 Å². The number of ether oxygens (including phenoxy) is 1. The van der Waals surface area contributed by atoms with E-state index in [9.17, 15) is 4.79 Å². The Hall–Kier alpha value is -2.69. The Morgan fingerprint density at radius 1 is 1.32 bits per heavy atom. The van der Waals surface area contributed by atoms with Crippen molar-refractivity contribution in [2.45, 2.75) is 32.2 Å². The molecule has 1 aliphatic heterocycles. The SMILES string of the molecule is COc1ccc(N)cc1-c1ccc(/C=C/C(=O)N2CCCCC2C)o1. The van der Waals surface area contributed by atoms with Crippen molar-refractivity contribution in [3.05, 3.63) is 42.2 Å². The first kappa shape index (κ1) is 17.1. The number of rotatable bonds is 4. The molecule has 5 heteroatoms. The summed E-state index contributed by atoms with van der Waals surface area (Å²) in [6, 6.07) is 9.39. The van der Waals surface area contributed by atoms with Crippen LogP contribution in [-0.4, -0.2) is 30.5 Å². The van der Waals surface area contributed by atoms with Crippen LogP contribution in [0.4, 0.5) is 5.69 Å². The maximum Gasteiger partial charge on any atom is 0.246 e. The fraction of sp³-hybridized carbons (Fsp3) is 0.350. The van der Waals surface area contributed by atoms with Gasteiger partial charge in [-0.05, 0) is 62.6 Å². The summed E-state index contributed by atoms with van der Waals surface area (Å²) in [7, 11) is 1.61. The van der Waals surface area contributed by atoms with Crippen LogP contribution in [0.3, 0.4) is 0 Å². The Morgan fingerprint density at radius 3 is 2.92 bits per heavy atom. The quantitative estimate of drug-likeness (QED) is 0.676. The Kier molecular flexibility index (Phi) is 5.12. The third kappa shape index (κ3) is 3.87. The molecule has 2 N–H and O–H groups in total. The van der Waals surface area contributed by atoms with Crippen LogP contribution in [0.15, 0.2) is 40.8 Å². The van der Waals surface area contributed by atoms with Crippen LogP contribution in [-0.2, 0) is 4.79 Å². The van der Waals surface area contributed by atoms with Crippen molar-refractivity contribution < 1.29 is 13.9 Å². The molecule has 0 spiro atoms. The number of nitrogen functional groups attached to an aromatic ring is 1. The number of methoxy groups -OCH3 is 1. The standard InChI is InChI=1S/C20H24N2O3/c1-14-5-3-4-12-22(14)20(23)11-8-16-7-10-19(25-16)17-13-15(21)6-9-18(17)24-2/h6-11,13-14H,3-5,12,21H2,1-2H3/b11-8+. The first-order valence-electron chi connectivity index (χ1n) is 8.61.